The number of rotatable bonds is 7. The van der Waals surface area contributed by atoms with Crippen molar-refractivity contribution < 1.29 is 32.2 Å². The topological polar surface area (TPSA) is 99.7 Å². The number of benzene rings is 2. The third-order valence-corrected chi connectivity index (χ3v) is 5.95. The number of carbonyl (C=O) groups is 2. The summed E-state index contributed by atoms with van der Waals surface area (Å²) >= 11 is 6.13. The fraction of sp³-hybridized carbons (Fsp3) is 0.292. The predicted molar refractivity (Wildman–Crippen MR) is 124 cm³/mol. The number of carbonyl (C=O) groups excluding carboxylic acids is 2. The van der Waals surface area contributed by atoms with Crippen molar-refractivity contribution in [2.75, 3.05) is 19.7 Å². The zero-order valence-corrected chi connectivity index (χ0v) is 19.6. The van der Waals surface area contributed by atoms with Crippen molar-refractivity contribution >= 4 is 23.4 Å². The highest BCUT2D eigenvalue weighted by Gasteiger charge is 2.36. The monoisotopic (exact) mass is 522 g/mol. The molecule has 0 atom stereocenters. The molecule has 0 aliphatic carbocycles. The summed E-state index contributed by atoms with van der Waals surface area (Å²) < 4.78 is 52.1. The molecule has 4 rings (SSSR count). The molecule has 1 saturated heterocycles. The minimum Gasteiger partial charge on any atom is -0.490 e. The molecule has 0 radical (unpaired) electrons. The summed E-state index contributed by atoms with van der Waals surface area (Å²) in [5.41, 5.74) is 4.64. The minimum absolute atomic E-state index is 0.134. The molecule has 3 aromatic rings. The largest absolute Gasteiger partial charge is 0.490 e. The van der Waals surface area contributed by atoms with Crippen LogP contribution < -0.4 is 15.2 Å². The van der Waals surface area contributed by atoms with Crippen LogP contribution in [0.2, 0.25) is 5.02 Å². The van der Waals surface area contributed by atoms with Crippen LogP contribution in [0.5, 0.6) is 11.6 Å². The molecule has 2 aromatic carbocycles. The summed E-state index contributed by atoms with van der Waals surface area (Å²) in [6.45, 7) is 0.321. The SMILES string of the molecule is NC(=O)c1ccc(OC2CCN(C(=O)COc3cc(C(F)(F)F)nn3-c3ccccc3Cl)CC2)cc1. The van der Waals surface area contributed by atoms with Crippen molar-refractivity contribution in [1.82, 2.24) is 14.7 Å². The van der Waals surface area contributed by atoms with Crippen molar-refractivity contribution in [3.05, 3.63) is 70.9 Å². The Kier molecular flexibility index (Phi) is 7.39. The van der Waals surface area contributed by atoms with E-state index >= 15 is 0 Å². The maximum Gasteiger partial charge on any atom is 0.435 e. The van der Waals surface area contributed by atoms with E-state index in [1.165, 1.54) is 12.1 Å². The molecule has 0 bridgehead atoms. The van der Waals surface area contributed by atoms with Gasteiger partial charge in [0.25, 0.3) is 5.91 Å². The second-order valence-electron chi connectivity index (χ2n) is 8.10. The van der Waals surface area contributed by atoms with Gasteiger partial charge in [-0.2, -0.15) is 23.0 Å². The Labute approximate surface area is 209 Å². The van der Waals surface area contributed by atoms with Crippen LogP contribution in [0.25, 0.3) is 5.69 Å². The molecule has 190 valence electrons. The lowest BCUT2D eigenvalue weighted by Gasteiger charge is -2.32. The number of halogens is 4. The number of ether oxygens (including phenoxy) is 2. The first-order valence-corrected chi connectivity index (χ1v) is 11.4. The number of likely N-dealkylation sites (tertiary alicyclic amines) is 1. The predicted octanol–water partition coefficient (Wildman–Crippen LogP) is 4.09. The van der Waals surface area contributed by atoms with E-state index < -0.39 is 24.4 Å². The third-order valence-electron chi connectivity index (χ3n) is 5.63. The van der Waals surface area contributed by atoms with Gasteiger partial charge in [0, 0.05) is 37.6 Å². The third kappa shape index (κ3) is 5.91. The summed E-state index contributed by atoms with van der Waals surface area (Å²) in [6.07, 6.45) is -3.72. The average molecular weight is 523 g/mol. The van der Waals surface area contributed by atoms with E-state index in [9.17, 15) is 22.8 Å². The molecule has 2 N–H and O–H groups in total. The number of nitrogens with zero attached hydrogens (tertiary/aromatic N) is 3. The van der Waals surface area contributed by atoms with Gasteiger partial charge in [-0.25, -0.2) is 0 Å². The molecule has 1 fully saturated rings. The van der Waals surface area contributed by atoms with Crippen molar-refractivity contribution in [3.63, 3.8) is 0 Å². The van der Waals surface area contributed by atoms with Crippen LogP contribution in [0.15, 0.2) is 54.6 Å². The smallest absolute Gasteiger partial charge is 0.435 e. The standard InChI is InChI=1S/C24H22ClF3N4O4/c25-18-3-1-2-4-19(18)32-22(13-20(30-32)24(26,27)28)35-14-21(33)31-11-9-17(10-12-31)36-16-7-5-15(6-8-16)23(29)34/h1-8,13,17H,9-12,14H2,(H2,29,34). The number of para-hydroxylation sites is 1. The Balaban J connectivity index is 1.36. The summed E-state index contributed by atoms with van der Waals surface area (Å²) in [4.78, 5) is 25.4. The van der Waals surface area contributed by atoms with Gasteiger partial charge in [0.05, 0.1) is 10.7 Å². The maximum atomic E-state index is 13.3. The first-order valence-electron chi connectivity index (χ1n) is 11.0. The van der Waals surface area contributed by atoms with Crippen molar-refractivity contribution in [1.29, 1.82) is 0 Å². The van der Waals surface area contributed by atoms with Crippen LogP contribution in [0.4, 0.5) is 13.2 Å². The molecule has 36 heavy (non-hydrogen) atoms. The van der Waals surface area contributed by atoms with Gasteiger partial charge < -0.3 is 20.1 Å². The molecule has 0 spiro atoms. The maximum absolute atomic E-state index is 13.3. The van der Waals surface area contributed by atoms with Crippen LogP contribution >= 0.6 is 11.6 Å². The minimum atomic E-state index is -4.70. The van der Waals surface area contributed by atoms with Crippen LogP contribution in [0, 0.1) is 0 Å². The highest BCUT2D eigenvalue weighted by molar-refractivity contribution is 6.32. The van der Waals surface area contributed by atoms with Gasteiger partial charge in [-0.1, -0.05) is 23.7 Å². The van der Waals surface area contributed by atoms with E-state index in [0.717, 1.165) is 10.7 Å². The van der Waals surface area contributed by atoms with Gasteiger partial charge in [0.2, 0.25) is 11.8 Å². The second kappa shape index (κ2) is 10.5. The van der Waals surface area contributed by atoms with E-state index in [0.29, 0.717) is 37.2 Å². The van der Waals surface area contributed by atoms with Gasteiger partial charge in [-0.05, 0) is 36.4 Å². The van der Waals surface area contributed by atoms with E-state index in [4.69, 9.17) is 26.8 Å². The Bertz CT molecular complexity index is 1240. The fourth-order valence-electron chi connectivity index (χ4n) is 3.74. The number of piperidine rings is 1. The first-order chi connectivity index (χ1) is 17.1. The highest BCUT2D eigenvalue weighted by atomic mass is 35.5. The Hall–Kier alpha value is -3.73. The zero-order valence-electron chi connectivity index (χ0n) is 18.9. The van der Waals surface area contributed by atoms with Crippen molar-refractivity contribution in [2.24, 2.45) is 5.73 Å². The number of nitrogens with two attached hydrogens (primary N) is 1. The molecule has 2 amide bonds. The number of primary amides is 1. The molecule has 1 aliphatic heterocycles. The number of aromatic nitrogens is 2. The molecule has 0 unspecified atom stereocenters. The average Bonchev–Trinajstić information content (AvgIpc) is 3.28. The quantitative estimate of drug-likeness (QED) is 0.504. The summed E-state index contributed by atoms with van der Waals surface area (Å²) in [5.74, 6) is -0.567. The van der Waals surface area contributed by atoms with E-state index in [1.807, 2.05) is 0 Å². The summed E-state index contributed by atoms with van der Waals surface area (Å²) in [5, 5.41) is 3.76. The second-order valence-corrected chi connectivity index (χ2v) is 8.51. The van der Waals surface area contributed by atoms with Gasteiger partial charge >= 0.3 is 6.18 Å². The lowest BCUT2D eigenvalue weighted by molar-refractivity contribution is -0.141. The van der Waals surface area contributed by atoms with Gasteiger partial charge in [-0.15, -0.1) is 0 Å². The first kappa shape index (κ1) is 25.4. The van der Waals surface area contributed by atoms with E-state index in [-0.39, 0.29) is 28.6 Å². The van der Waals surface area contributed by atoms with Gasteiger partial charge in [0.1, 0.15) is 11.9 Å². The number of alkyl halides is 3. The molecule has 0 saturated carbocycles. The molecule has 2 heterocycles. The molecule has 8 nitrogen and oxygen atoms in total. The molecular formula is C24H22ClF3N4O4. The van der Waals surface area contributed by atoms with Crippen LogP contribution in [-0.2, 0) is 11.0 Å². The van der Waals surface area contributed by atoms with E-state index in [1.54, 1.807) is 41.3 Å². The van der Waals surface area contributed by atoms with Crippen LogP contribution in [0.1, 0.15) is 28.9 Å². The molecular weight excluding hydrogens is 501 g/mol. The van der Waals surface area contributed by atoms with Crippen molar-refractivity contribution in [3.8, 4) is 17.3 Å². The molecule has 12 heteroatoms. The number of hydrogen-bond donors (Lipinski definition) is 1. The lowest BCUT2D eigenvalue weighted by atomic mass is 10.1. The summed E-state index contributed by atoms with van der Waals surface area (Å²) in [7, 11) is 0. The Morgan fingerprint density at radius 3 is 2.36 bits per heavy atom. The number of amides is 2. The Morgan fingerprint density at radius 2 is 1.75 bits per heavy atom. The molecule has 1 aromatic heterocycles. The Morgan fingerprint density at radius 1 is 1.08 bits per heavy atom. The number of hydrogen-bond acceptors (Lipinski definition) is 5. The fourth-order valence-corrected chi connectivity index (χ4v) is 3.96. The summed E-state index contributed by atoms with van der Waals surface area (Å²) in [6, 6.07) is 13.4. The van der Waals surface area contributed by atoms with Crippen LogP contribution in [0.3, 0.4) is 0 Å². The van der Waals surface area contributed by atoms with Gasteiger partial charge in [-0.3, -0.25) is 9.59 Å². The normalized spacial score (nSPS) is 14.5. The lowest BCUT2D eigenvalue weighted by Crippen LogP contribution is -2.43. The zero-order chi connectivity index (χ0) is 25.9. The highest BCUT2D eigenvalue weighted by Crippen LogP contribution is 2.33. The van der Waals surface area contributed by atoms with E-state index in [2.05, 4.69) is 5.10 Å². The molecule has 1 aliphatic rings. The van der Waals surface area contributed by atoms with Gasteiger partial charge in [0.15, 0.2) is 12.3 Å². The van der Waals surface area contributed by atoms with Crippen LogP contribution in [-0.4, -0.2) is 52.3 Å². The van der Waals surface area contributed by atoms with Crippen molar-refractivity contribution in [2.45, 2.75) is 25.1 Å².